The highest BCUT2D eigenvalue weighted by Gasteiger charge is 2.12. The van der Waals surface area contributed by atoms with Crippen molar-refractivity contribution >= 4 is 11.8 Å². The molecule has 25 heavy (non-hydrogen) atoms. The highest BCUT2D eigenvalue weighted by molar-refractivity contribution is 5.74. The van der Waals surface area contributed by atoms with Gasteiger partial charge < -0.3 is 20.3 Å². The Labute approximate surface area is 147 Å². The summed E-state index contributed by atoms with van der Waals surface area (Å²) in [5.74, 6) is 0.568. The van der Waals surface area contributed by atoms with Crippen molar-refractivity contribution in [2.75, 3.05) is 26.1 Å². The van der Waals surface area contributed by atoms with E-state index in [9.17, 15) is 9.18 Å². The lowest BCUT2D eigenvalue weighted by molar-refractivity contribution is 0.237. The lowest BCUT2D eigenvalue weighted by Crippen LogP contribution is -2.36. The second-order valence-electron chi connectivity index (χ2n) is 5.86. The molecule has 0 unspecified atom stereocenters. The smallest absolute Gasteiger partial charge is 0.315 e. The van der Waals surface area contributed by atoms with Gasteiger partial charge in [0.2, 0.25) is 0 Å². The molecular formula is C18H23FN4O2. The van der Waals surface area contributed by atoms with Gasteiger partial charge in [0.05, 0.1) is 13.2 Å². The Bertz CT molecular complexity index is 720. The third-order valence-electron chi connectivity index (χ3n) is 3.74. The van der Waals surface area contributed by atoms with E-state index in [1.165, 1.54) is 13.2 Å². The Kier molecular flexibility index (Phi) is 6.16. The fourth-order valence-electron chi connectivity index (χ4n) is 2.25. The van der Waals surface area contributed by atoms with Crippen LogP contribution in [0.1, 0.15) is 24.1 Å². The zero-order valence-electron chi connectivity index (χ0n) is 14.8. The summed E-state index contributed by atoms with van der Waals surface area (Å²) in [4.78, 5) is 18.2. The van der Waals surface area contributed by atoms with Gasteiger partial charge in [-0.15, -0.1) is 0 Å². The van der Waals surface area contributed by atoms with Gasteiger partial charge >= 0.3 is 6.03 Å². The number of hydrogen-bond acceptors (Lipinski definition) is 4. The van der Waals surface area contributed by atoms with Gasteiger partial charge in [-0.2, -0.15) is 0 Å². The van der Waals surface area contributed by atoms with Crippen LogP contribution in [0, 0.1) is 5.82 Å². The van der Waals surface area contributed by atoms with Gasteiger partial charge in [-0.1, -0.05) is 12.1 Å². The van der Waals surface area contributed by atoms with Crippen molar-refractivity contribution in [3.8, 4) is 5.75 Å². The highest BCUT2D eigenvalue weighted by atomic mass is 19.1. The van der Waals surface area contributed by atoms with E-state index >= 15 is 0 Å². The Hall–Kier alpha value is -2.83. The van der Waals surface area contributed by atoms with Crippen LogP contribution >= 0.6 is 0 Å². The van der Waals surface area contributed by atoms with Crippen LogP contribution in [0.5, 0.6) is 5.75 Å². The van der Waals surface area contributed by atoms with Crippen LogP contribution in [-0.2, 0) is 6.54 Å². The Morgan fingerprint density at radius 3 is 2.64 bits per heavy atom. The van der Waals surface area contributed by atoms with Crippen molar-refractivity contribution in [2.45, 2.75) is 19.5 Å². The fraction of sp³-hybridized carbons (Fsp3) is 0.333. The third kappa shape index (κ3) is 5.07. The standard InChI is InChI=1S/C18H23FN4O2/c1-12(14-6-7-16(25-4)15(19)9-14)22-18(24)21-11-13-5-8-17(20-10-13)23(2)3/h5-10,12H,11H2,1-4H3,(H2,21,22,24)/t12-/m1/s1. The number of amides is 2. The van der Waals surface area contributed by atoms with Crippen molar-refractivity contribution in [1.29, 1.82) is 0 Å². The van der Waals surface area contributed by atoms with E-state index in [4.69, 9.17) is 4.74 Å². The Balaban J connectivity index is 1.88. The second-order valence-corrected chi connectivity index (χ2v) is 5.86. The number of methoxy groups -OCH3 is 1. The van der Waals surface area contributed by atoms with Gasteiger partial charge in [0.1, 0.15) is 5.82 Å². The number of pyridine rings is 1. The maximum Gasteiger partial charge on any atom is 0.315 e. The first-order valence-electron chi connectivity index (χ1n) is 7.90. The molecule has 7 heteroatoms. The molecule has 0 aliphatic carbocycles. The third-order valence-corrected chi connectivity index (χ3v) is 3.74. The predicted octanol–water partition coefficient (Wildman–Crippen LogP) is 2.86. The van der Waals surface area contributed by atoms with Gasteiger partial charge in [0.25, 0.3) is 0 Å². The van der Waals surface area contributed by atoms with Crippen LogP contribution < -0.4 is 20.3 Å². The summed E-state index contributed by atoms with van der Waals surface area (Å²) in [5, 5.41) is 5.54. The first-order valence-corrected chi connectivity index (χ1v) is 7.90. The van der Waals surface area contributed by atoms with Gasteiger partial charge in [-0.3, -0.25) is 0 Å². The molecule has 2 amide bonds. The van der Waals surface area contributed by atoms with E-state index in [2.05, 4.69) is 15.6 Å². The molecule has 0 bridgehead atoms. The maximum absolute atomic E-state index is 13.7. The number of ether oxygens (including phenoxy) is 1. The summed E-state index contributed by atoms with van der Waals surface area (Å²) < 4.78 is 18.6. The van der Waals surface area contributed by atoms with Crippen LogP contribution in [0.3, 0.4) is 0 Å². The molecule has 0 aliphatic heterocycles. The minimum atomic E-state index is -0.457. The number of anilines is 1. The molecule has 2 N–H and O–H groups in total. The van der Waals surface area contributed by atoms with Gasteiger partial charge in [0, 0.05) is 26.8 Å². The van der Waals surface area contributed by atoms with Crippen molar-refractivity contribution in [3.05, 3.63) is 53.5 Å². The summed E-state index contributed by atoms with van der Waals surface area (Å²) in [7, 11) is 5.24. The number of nitrogens with zero attached hydrogens (tertiary/aromatic N) is 2. The van der Waals surface area contributed by atoms with E-state index < -0.39 is 5.82 Å². The molecule has 0 spiro atoms. The molecule has 1 atom stereocenters. The number of carbonyl (C=O) groups is 1. The zero-order chi connectivity index (χ0) is 18.4. The lowest BCUT2D eigenvalue weighted by Gasteiger charge is -2.16. The number of benzene rings is 1. The largest absolute Gasteiger partial charge is 0.494 e. The molecule has 0 fully saturated rings. The van der Waals surface area contributed by atoms with Gasteiger partial charge in [-0.05, 0) is 36.2 Å². The number of carbonyl (C=O) groups excluding carboxylic acids is 1. The molecule has 0 radical (unpaired) electrons. The maximum atomic E-state index is 13.7. The molecule has 1 heterocycles. The predicted molar refractivity (Wildman–Crippen MR) is 95.3 cm³/mol. The fourth-order valence-corrected chi connectivity index (χ4v) is 2.25. The average Bonchev–Trinajstić information content (AvgIpc) is 2.60. The molecule has 1 aromatic carbocycles. The summed E-state index contributed by atoms with van der Waals surface area (Å²) in [5.41, 5.74) is 1.55. The number of hydrogen-bond donors (Lipinski definition) is 2. The number of urea groups is 1. The molecule has 0 saturated heterocycles. The topological polar surface area (TPSA) is 66.5 Å². The van der Waals surface area contributed by atoms with Crippen LogP contribution in [-0.4, -0.2) is 32.2 Å². The minimum absolute atomic E-state index is 0.175. The Morgan fingerprint density at radius 1 is 1.32 bits per heavy atom. The number of halogens is 1. The quantitative estimate of drug-likeness (QED) is 0.844. The van der Waals surface area contributed by atoms with E-state index in [0.29, 0.717) is 12.1 Å². The molecule has 6 nitrogen and oxygen atoms in total. The van der Waals surface area contributed by atoms with Crippen LogP contribution in [0.2, 0.25) is 0 Å². The van der Waals surface area contributed by atoms with E-state index in [1.807, 2.05) is 31.1 Å². The minimum Gasteiger partial charge on any atom is -0.494 e. The Morgan fingerprint density at radius 2 is 2.08 bits per heavy atom. The SMILES string of the molecule is COc1ccc([C@@H](C)NC(=O)NCc2ccc(N(C)C)nc2)cc1F. The molecule has 0 saturated carbocycles. The molecule has 2 rings (SSSR count). The van der Waals surface area contributed by atoms with Crippen molar-refractivity contribution in [1.82, 2.24) is 15.6 Å². The van der Waals surface area contributed by atoms with E-state index in [0.717, 1.165) is 11.4 Å². The van der Waals surface area contributed by atoms with Crippen LogP contribution in [0.4, 0.5) is 15.0 Å². The first kappa shape index (κ1) is 18.5. The molecular weight excluding hydrogens is 323 g/mol. The summed E-state index contributed by atoms with van der Waals surface area (Å²) in [6.07, 6.45) is 1.72. The van der Waals surface area contributed by atoms with E-state index in [1.54, 1.807) is 25.3 Å². The monoisotopic (exact) mass is 346 g/mol. The number of rotatable bonds is 6. The number of nitrogens with one attached hydrogen (secondary N) is 2. The molecule has 2 aromatic rings. The summed E-state index contributed by atoms with van der Waals surface area (Å²) in [6.45, 7) is 2.14. The second kappa shape index (κ2) is 8.32. The molecule has 134 valence electrons. The highest BCUT2D eigenvalue weighted by Crippen LogP contribution is 2.21. The van der Waals surface area contributed by atoms with Crippen LogP contribution in [0.25, 0.3) is 0 Å². The summed E-state index contributed by atoms with van der Waals surface area (Å²) >= 11 is 0. The van der Waals surface area contributed by atoms with Crippen LogP contribution in [0.15, 0.2) is 36.5 Å². The molecule has 0 aliphatic rings. The van der Waals surface area contributed by atoms with Crippen molar-refractivity contribution in [3.63, 3.8) is 0 Å². The van der Waals surface area contributed by atoms with Crippen molar-refractivity contribution in [2.24, 2.45) is 0 Å². The zero-order valence-corrected chi connectivity index (χ0v) is 14.8. The summed E-state index contributed by atoms with van der Waals surface area (Å²) in [6, 6.07) is 7.74. The molecule has 1 aromatic heterocycles. The lowest BCUT2D eigenvalue weighted by atomic mass is 10.1. The van der Waals surface area contributed by atoms with Gasteiger partial charge in [0.15, 0.2) is 11.6 Å². The number of aromatic nitrogens is 1. The van der Waals surface area contributed by atoms with E-state index in [-0.39, 0.29) is 17.8 Å². The van der Waals surface area contributed by atoms with Gasteiger partial charge in [-0.25, -0.2) is 14.2 Å². The normalized spacial score (nSPS) is 11.6. The first-order chi connectivity index (χ1) is 11.9. The van der Waals surface area contributed by atoms with Crippen molar-refractivity contribution < 1.29 is 13.9 Å². The average molecular weight is 346 g/mol.